The van der Waals surface area contributed by atoms with Crippen LogP contribution in [0.4, 0.5) is 17.1 Å². The van der Waals surface area contributed by atoms with Crippen LogP contribution in [0.3, 0.4) is 0 Å². The topological polar surface area (TPSA) is 8.17 Å². The molecule has 0 aliphatic heterocycles. The largest absolute Gasteiger partial charge is 0.310 e. The number of para-hydroxylation sites is 3. The van der Waals surface area contributed by atoms with E-state index in [1.807, 2.05) is 13.0 Å². The fourth-order valence-corrected chi connectivity index (χ4v) is 5.18. The molecule has 5 aromatic carbocycles. The Hall–Kier alpha value is -4.82. The summed E-state index contributed by atoms with van der Waals surface area (Å²) in [5, 5.41) is 2.48. The Morgan fingerprint density at radius 2 is 1.22 bits per heavy atom. The molecule has 1 aromatic heterocycles. The number of rotatable bonds is 6. The van der Waals surface area contributed by atoms with Gasteiger partial charge in [0.2, 0.25) is 0 Å². The van der Waals surface area contributed by atoms with Crippen molar-refractivity contribution in [2.75, 3.05) is 4.90 Å². The molecular formula is C35H28N2. The number of hydrogen-bond acceptors (Lipinski definition) is 1. The van der Waals surface area contributed by atoms with E-state index in [4.69, 9.17) is 0 Å². The molecule has 0 radical (unpaired) electrons. The summed E-state index contributed by atoms with van der Waals surface area (Å²) in [7, 11) is 0. The summed E-state index contributed by atoms with van der Waals surface area (Å²) in [5.74, 6) is 0. The first-order valence-corrected chi connectivity index (χ1v) is 12.6. The summed E-state index contributed by atoms with van der Waals surface area (Å²) < 4.78 is 2.35. The number of allylic oxidation sites excluding steroid dienone is 3. The van der Waals surface area contributed by atoms with E-state index in [2.05, 4.69) is 150 Å². The molecule has 0 atom stereocenters. The van der Waals surface area contributed by atoms with Crippen molar-refractivity contribution in [2.24, 2.45) is 0 Å². The molecular weight excluding hydrogens is 448 g/mol. The van der Waals surface area contributed by atoms with Crippen molar-refractivity contribution in [1.29, 1.82) is 0 Å². The Bertz CT molecular complexity index is 1720. The van der Waals surface area contributed by atoms with E-state index in [0.717, 1.165) is 28.2 Å². The third kappa shape index (κ3) is 4.03. The third-order valence-corrected chi connectivity index (χ3v) is 6.93. The SMILES string of the molecule is C=C/C(=C\C)c1ccc(N(c2ccccc2)c2ccc3c(c2)c2ccccc2n3-c2ccccc2)cc1. The maximum atomic E-state index is 3.96. The van der Waals surface area contributed by atoms with Crippen LogP contribution in [0.25, 0.3) is 33.1 Å². The van der Waals surface area contributed by atoms with Gasteiger partial charge in [-0.25, -0.2) is 0 Å². The highest BCUT2D eigenvalue weighted by Gasteiger charge is 2.17. The molecule has 37 heavy (non-hydrogen) atoms. The van der Waals surface area contributed by atoms with Crippen molar-refractivity contribution in [2.45, 2.75) is 6.92 Å². The number of benzene rings is 5. The van der Waals surface area contributed by atoms with Gasteiger partial charge in [-0.1, -0.05) is 85.5 Å². The maximum absolute atomic E-state index is 3.96. The Kier molecular flexibility index (Phi) is 5.92. The number of fused-ring (bicyclic) bond motifs is 3. The predicted molar refractivity (Wildman–Crippen MR) is 159 cm³/mol. The Morgan fingerprint density at radius 1 is 0.622 bits per heavy atom. The van der Waals surface area contributed by atoms with Gasteiger partial charge >= 0.3 is 0 Å². The van der Waals surface area contributed by atoms with Crippen LogP contribution in [-0.4, -0.2) is 4.57 Å². The average molecular weight is 477 g/mol. The Balaban J connectivity index is 1.55. The summed E-state index contributed by atoms with van der Waals surface area (Å²) in [6.45, 7) is 6.00. The Morgan fingerprint density at radius 3 is 1.92 bits per heavy atom. The molecule has 0 aliphatic carbocycles. The van der Waals surface area contributed by atoms with Crippen molar-refractivity contribution in [3.63, 3.8) is 0 Å². The van der Waals surface area contributed by atoms with Gasteiger partial charge in [0.1, 0.15) is 0 Å². The van der Waals surface area contributed by atoms with Crippen molar-refractivity contribution >= 4 is 44.4 Å². The fourth-order valence-electron chi connectivity index (χ4n) is 5.18. The molecule has 0 saturated carbocycles. The molecule has 6 aromatic rings. The van der Waals surface area contributed by atoms with Gasteiger partial charge in [0.25, 0.3) is 0 Å². The lowest BCUT2D eigenvalue weighted by Gasteiger charge is -2.26. The van der Waals surface area contributed by atoms with Crippen LogP contribution >= 0.6 is 0 Å². The monoisotopic (exact) mass is 476 g/mol. The van der Waals surface area contributed by atoms with Crippen molar-refractivity contribution in [3.8, 4) is 5.69 Å². The summed E-state index contributed by atoms with van der Waals surface area (Å²) in [6, 6.07) is 45.3. The van der Waals surface area contributed by atoms with Crippen LogP contribution in [0.2, 0.25) is 0 Å². The minimum absolute atomic E-state index is 1.11. The molecule has 2 nitrogen and oxygen atoms in total. The molecule has 0 spiro atoms. The van der Waals surface area contributed by atoms with Gasteiger partial charge in [0.05, 0.1) is 11.0 Å². The first-order valence-electron chi connectivity index (χ1n) is 12.6. The van der Waals surface area contributed by atoms with Gasteiger partial charge in [-0.2, -0.15) is 0 Å². The van der Waals surface area contributed by atoms with E-state index in [9.17, 15) is 0 Å². The smallest absolute Gasteiger partial charge is 0.0542 e. The minimum Gasteiger partial charge on any atom is -0.310 e. The van der Waals surface area contributed by atoms with Crippen molar-refractivity contribution in [3.05, 3.63) is 152 Å². The highest BCUT2D eigenvalue weighted by Crippen LogP contribution is 2.39. The lowest BCUT2D eigenvalue weighted by Crippen LogP contribution is -2.09. The second-order valence-electron chi connectivity index (χ2n) is 9.06. The highest BCUT2D eigenvalue weighted by molar-refractivity contribution is 6.10. The van der Waals surface area contributed by atoms with Gasteiger partial charge in [0.15, 0.2) is 0 Å². The van der Waals surface area contributed by atoms with Crippen LogP contribution in [-0.2, 0) is 0 Å². The maximum Gasteiger partial charge on any atom is 0.0542 e. The molecule has 0 unspecified atom stereocenters. The zero-order valence-electron chi connectivity index (χ0n) is 20.9. The highest BCUT2D eigenvalue weighted by atomic mass is 15.1. The first kappa shape index (κ1) is 22.6. The second-order valence-corrected chi connectivity index (χ2v) is 9.06. The standard InChI is InChI=1S/C35H28N2/c1-3-26(4-2)27-19-21-30(22-20-27)36(28-13-7-5-8-14-28)31-23-24-35-33(25-31)32-17-11-12-18-34(32)37(35)29-15-9-6-10-16-29/h3-25H,1H2,2H3/b26-4+. The van der Waals surface area contributed by atoms with Crippen LogP contribution in [0.15, 0.2) is 146 Å². The lowest BCUT2D eigenvalue weighted by atomic mass is 10.0. The van der Waals surface area contributed by atoms with Crippen molar-refractivity contribution < 1.29 is 0 Å². The number of nitrogens with zero attached hydrogens (tertiary/aromatic N) is 2. The minimum atomic E-state index is 1.11. The van der Waals surface area contributed by atoms with Crippen LogP contribution in [0, 0.1) is 0 Å². The van der Waals surface area contributed by atoms with E-state index in [1.165, 1.54) is 27.5 Å². The van der Waals surface area contributed by atoms with E-state index >= 15 is 0 Å². The number of hydrogen-bond donors (Lipinski definition) is 0. The van der Waals surface area contributed by atoms with Gasteiger partial charge in [-0.3, -0.25) is 0 Å². The molecule has 0 bridgehead atoms. The quantitative estimate of drug-likeness (QED) is 0.217. The predicted octanol–water partition coefficient (Wildman–Crippen LogP) is 9.84. The van der Waals surface area contributed by atoms with E-state index in [1.54, 1.807) is 0 Å². The molecule has 6 rings (SSSR count). The lowest BCUT2D eigenvalue weighted by molar-refractivity contribution is 1.18. The average Bonchev–Trinajstić information content (AvgIpc) is 3.29. The van der Waals surface area contributed by atoms with Gasteiger partial charge in [-0.05, 0) is 78.7 Å². The zero-order chi connectivity index (χ0) is 25.2. The molecule has 2 heteroatoms. The van der Waals surface area contributed by atoms with Gasteiger partial charge < -0.3 is 9.47 Å². The normalized spacial score (nSPS) is 11.6. The van der Waals surface area contributed by atoms with Gasteiger partial charge in [0, 0.05) is 33.5 Å². The molecule has 0 N–H and O–H groups in total. The second kappa shape index (κ2) is 9.67. The number of aromatic nitrogens is 1. The van der Waals surface area contributed by atoms with Crippen LogP contribution in [0.1, 0.15) is 12.5 Å². The zero-order valence-corrected chi connectivity index (χ0v) is 20.9. The van der Waals surface area contributed by atoms with Crippen LogP contribution in [0.5, 0.6) is 0 Å². The van der Waals surface area contributed by atoms with E-state index in [0.29, 0.717) is 0 Å². The van der Waals surface area contributed by atoms with E-state index in [-0.39, 0.29) is 0 Å². The molecule has 0 aliphatic rings. The van der Waals surface area contributed by atoms with Gasteiger partial charge in [-0.15, -0.1) is 0 Å². The first-order chi connectivity index (χ1) is 18.3. The molecule has 178 valence electrons. The summed E-state index contributed by atoms with van der Waals surface area (Å²) in [4.78, 5) is 2.32. The fraction of sp³-hybridized carbons (Fsp3) is 0.0286. The molecule has 1 heterocycles. The molecule has 0 fully saturated rings. The van der Waals surface area contributed by atoms with E-state index < -0.39 is 0 Å². The summed E-state index contributed by atoms with van der Waals surface area (Å²) >= 11 is 0. The third-order valence-electron chi connectivity index (χ3n) is 6.93. The van der Waals surface area contributed by atoms with Crippen LogP contribution < -0.4 is 4.90 Å². The Labute approximate surface area is 218 Å². The van der Waals surface area contributed by atoms with Crippen molar-refractivity contribution in [1.82, 2.24) is 4.57 Å². The summed E-state index contributed by atoms with van der Waals surface area (Å²) in [6.07, 6.45) is 3.99. The number of anilines is 3. The molecule has 0 saturated heterocycles. The molecule has 0 amide bonds. The summed E-state index contributed by atoms with van der Waals surface area (Å²) in [5.41, 5.74) is 9.22.